The molecule has 1 rings (SSSR count). The van der Waals surface area contributed by atoms with Crippen LogP contribution < -0.4 is 33.2 Å². The van der Waals surface area contributed by atoms with E-state index in [2.05, 4.69) is 16.0 Å². The Kier molecular flexibility index (Phi) is 13.9. The zero-order chi connectivity index (χ0) is 28.0. The Morgan fingerprint density at radius 3 is 1.97 bits per heavy atom. The second-order valence-electron chi connectivity index (χ2n) is 9.40. The van der Waals surface area contributed by atoms with Gasteiger partial charge in [-0.1, -0.05) is 44.2 Å². The molecule has 0 fully saturated rings. The van der Waals surface area contributed by atoms with E-state index in [1.165, 1.54) is 0 Å². The van der Waals surface area contributed by atoms with Crippen LogP contribution in [0.1, 0.15) is 51.5 Å². The normalized spacial score (nSPS) is 14.2. The van der Waals surface area contributed by atoms with Gasteiger partial charge in [-0.3, -0.25) is 19.2 Å². The molecule has 0 aliphatic rings. The molecule has 0 radical (unpaired) electrons. The Labute approximate surface area is 217 Å². The molecule has 10 N–H and O–H groups in total. The van der Waals surface area contributed by atoms with Crippen LogP contribution in [-0.4, -0.2) is 65.4 Å². The maximum Gasteiger partial charge on any atom is 0.326 e. The van der Waals surface area contributed by atoms with Gasteiger partial charge in [-0.2, -0.15) is 0 Å². The Morgan fingerprint density at radius 2 is 1.43 bits per heavy atom. The largest absolute Gasteiger partial charge is 0.480 e. The van der Waals surface area contributed by atoms with E-state index in [9.17, 15) is 29.1 Å². The number of aliphatic carboxylic acids is 1. The van der Waals surface area contributed by atoms with E-state index in [0.717, 1.165) is 5.56 Å². The molecule has 1 aromatic rings. The lowest BCUT2D eigenvalue weighted by molar-refractivity contribution is -0.142. The molecule has 0 aliphatic heterocycles. The number of benzene rings is 1. The van der Waals surface area contributed by atoms with E-state index in [1.54, 1.807) is 30.3 Å². The predicted octanol–water partition coefficient (Wildman–Crippen LogP) is -0.854. The van der Waals surface area contributed by atoms with Crippen molar-refractivity contribution >= 4 is 29.6 Å². The number of nitrogens with one attached hydrogen (secondary N) is 3. The van der Waals surface area contributed by atoms with Crippen LogP contribution in [0.25, 0.3) is 0 Å². The lowest BCUT2D eigenvalue weighted by Gasteiger charge is -2.26. The summed E-state index contributed by atoms with van der Waals surface area (Å²) < 4.78 is 0. The molecular formula is C25H40N6O6. The first-order valence-corrected chi connectivity index (χ1v) is 12.4. The summed E-state index contributed by atoms with van der Waals surface area (Å²) in [5.41, 5.74) is 17.0. The van der Waals surface area contributed by atoms with E-state index in [-0.39, 0.29) is 31.6 Å². The average molecular weight is 521 g/mol. The van der Waals surface area contributed by atoms with Crippen molar-refractivity contribution in [3.8, 4) is 0 Å². The average Bonchev–Trinajstić information content (AvgIpc) is 2.82. The number of hydrogen-bond donors (Lipinski definition) is 7. The van der Waals surface area contributed by atoms with Crippen molar-refractivity contribution in [2.24, 2.45) is 23.1 Å². The number of amides is 4. The standard InChI is InChI=1S/C25H40N6O6/c1-15(2)12-19(30-22(33)17(27)14-21(28)32)23(34)31-20(13-16-8-4-3-5-9-16)24(35)29-18(25(36)37)10-6-7-11-26/h3-5,8-9,15,17-20H,6-7,10-14,26-27H2,1-2H3,(H2,28,32)(H,29,35)(H,30,33)(H,31,34)(H,36,37). The Hall–Kier alpha value is -3.51. The fourth-order valence-corrected chi connectivity index (χ4v) is 3.64. The topological polar surface area (TPSA) is 220 Å². The molecule has 4 unspecified atom stereocenters. The molecule has 12 heteroatoms. The molecule has 4 atom stereocenters. The highest BCUT2D eigenvalue weighted by Crippen LogP contribution is 2.09. The molecular weight excluding hydrogens is 480 g/mol. The van der Waals surface area contributed by atoms with Crippen LogP contribution >= 0.6 is 0 Å². The minimum Gasteiger partial charge on any atom is -0.480 e. The number of carboxylic acids is 1. The molecule has 0 aliphatic carbocycles. The van der Waals surface area contributed by atoms with Gasteiger partial charge < -0.3 is 38.3 Å². The molecule has 0 spiro atoms. The van der Waals surface area contributed by atoms with Crippen LogP contribution in [0, 0.1) is 5.92 Å². The van der Waals surface area contributed by atoms with Gasteiger partial charge in [0, 0.05) is 6.42 Å². The van der Waals surface area contributed by atoms with Crippen molar-refractivity contribution in [2.45, 2.75) is 76.5 Å². The summed E-state index contributed by atoms with van der Waals surface area (Å²) >= 11 is 0. The molecule has 0 aromatic heterocycles. The van der Waals surface area contributed by atoms with Gasteiger partial charge in [0.15, 0.2) is 0 Å². The molecule has 37 heavy (non-hydrogen) atoms. The summed E-state index contributed by atoms with van der Waals surface area (Å²) in [7, 11) is 0. The number of carbonyl (C=O) groups excluding carboxylic acids is 4. The van der Waals surface area contributed by atoms with E-state index in [1.807, 2.05) is 13.8 Å². The van der Waals surface area contributed by atoms with Crippen molar-refractivity contribution < 1.29 is 29.1 Å². The first kappa shape index (κ1) is 31.5. The molecule has 4 amide bonds. The van der Waals surface area contributed by atoms with Gasteiger partial charge in [0.25, 0.3) is 0 Å². The highest BCUT2D eigenvalue weighted by Gasteiger charge is 2.31. The predicted molar refractivity (Wildman–Crippen MR) is 138 cm³/mol. The van der Waals surface area contributed by atoms with Crippen LogP contribution in [0.4, 0.5) is 0 Å². The quantitative estimate of drug-likeness (QED) is 0.128. The van der Waals surface area contributed by atoms with Gasteiger partial charge in [0.2, 0.25) is 23.6 Å². The Bertz CT molecular complexity index is 910. The van der Waals surface area contributed by atoms with Gasteiger partial charge >= 0.3 is 5.97 Å². The van der Waals surface area contributed by atoms with Crippen molar-refractivity contribution in [3.63, 3.8) is 0 Å². The van der Waals surface area contributed by atoms with Gasteiger partial charge in [-0.15, -0.1) is 0 Å². The summed E-state index contributed by atoms with van der Waals surface area (Å²) in [6.07, 6.45) is 1.25. The summed E-state index contributed by atoms with van der Waals surface area (Å²) in [6, 6.07) is 4.38. The van der Waals surface area contributed by atoms with Crippen molar-refractivity contribution in [1.29, 1.82) is 0 Å². The summed E-state index contributed by atoms with van der Waals surface area (Å²) in [4.78, 5) is 61.6. The highest BCUT2D eigenvalue weighted by atomic mass is 16.4. The zero-order valence-corrected chi connectivity index (χ0v) is 21.4. The van der Waals surface area contributed by atoms with Crippen LogP contribution in [0.15, 0.2) is 30.3 Å². The van der Waals surface area contributed by atoms with Crippen molar-refractivity contribution in [3.05, 3.63) is 35.9 Å². The second kappa shape index (κ2) is 16.3. The fraction of sp³-hybridized carbons (Fsp3) is 0.560. The third kappa shape index (κ3) is 12.3. The SMILES string of the molecule is CC(C)CC(NC(=O)C(N)CC(N)=O)C(=O)NC(Cc1ccccc1)C(=O)NC(CCCCN)C(=O)O. The van der Waals surface area contributed by atoms with Gasteiger partial charge in [0.05, 0.1) is 12.5 Å². The van der Waals surface area contributed by atoms with Crippen molar-refractivity contribution in [2.75, 3.05) is 6.54 Å². The third-order valence-electron chi connectivity index (χ3n) is 5.58. The Balaban J connectivity index is 3.09. The van der Waals surface area contributed by atoms with Crippen LogP contribution in [0.5, 0.6) is 0 Å². The van der Waals surface area contributed by atoms with Gasteiger partial charge in [0.1, 0.15) is 18.1 Å². The van der Waals surface area contributed by atoms with Crippen LogP contribution in [0.2, 0.25) is 0 Å². The number of rotatable bonds is 17. The number of unbranched alkanes of at least 4 members (excludes halogenated alkanes) is 1. The van der Waals surface area contributed by atoms with E-state index >= 15 is 0 Å². The minimum atomic E-state index is -1.23. The van der Waals surface area contributed by atoms with Gasteiger partial charge in [-0.05, 0) is 43.7 Å². The van der Waals surface area contributed by atoms with E-state index in [0.29, 0.717) is 19.4 Å². The first-order valence-electron chi connectivity index (χ1n) is 12.4. The second-order valence-corrected chi connectivity index (χ2v) is 9.40. The maximum atomic E-state index is 13.2. The molecule has 206 valence electrons. The number of carbonyl (C=O) groups is 5. The zero-order valence-electron chi connectivity index (χ0n) is 21.4. The maximum absolute atomic E-state index is 13.2. The summed E-state index contributed by atoms with van der Waals surface area (Å²) in [5, 5.41) is 17.2. The lowest BCUT2D eigenvalue weighted by atomic mass is 10.00. The van der Waals surface area contributed by atoms with Crippen LogP contribution in [0.3, 0.4) is 0 Å². The molecule has 0 saturated carbocycles. The van der Waals surface area contributed by atoms with Crippen molar-refractivity contribution in [1.82, 2.24) is 16.0 Å². The number of primary amides is 1. The molecule has 0 bridgehead atoms. The first-order chi connectivity index (χ1) is 17.4. The number of nitrogens with two attached hydrogens (primary N) is 3. The lowest BCUT2D eigenvalue weighted by Crippen LogP contribution is -2.58. The number of hydrogen-bond acceptors (Lipinski definition) is 7. The monoisotopic (exact) mass is 520 g/mol. The smallest absolute Gasteiger partial charge is 0.326 e. The third-order valence-corrected chi connectivity index (χ3v) is 5.58. The minimum absolute atomic E-state index is 0.0104. The Morgan fingerprint density at radius 1 is 0.865 bits per heavy atom. The fourth-order valence-electron chi connectivity index (χ4n) is 3.64. The molecule has 0 saturated heterocycles. The number of carboxylic acid groups (broad SMARTS) is 1. The van der Waals surface area contributed by atoms with Gasteiger partial charge in [-0.25, -0.2) is 4.79 Å². The van der Waals surface area contributed by atoms with Crippen LogP contribution in [-0.2, 0) is 30.4 Å². The summed E-state index contributed by atoms with van der Waals surface area (Å²) in [6.45, 7) is 4.10. The highest BCUT2D eigenvalue weighted by molar-refractivity contribution is 5.95. The molecule has 1 aromatic carbocycles. The summed E-state index contributed by atoms with van der Waals surface area (Å²) in [5.74, 6) is -4.00. The molecule has 12 nitrogen and oxygen atoms in total. The molecule has 0 heterocycles. The van der Waals surface area contributed by atoms with E-state index < -0.39 is 53.8 Å². The van der Waals surface area contributed by atoms with E-state index in [4.69, 9.17) is 17.2 Å².